The predicted octanol–water partition coefficient (Wildman–Crippen LogP) is 2.31. The molecule has 1 aliphatic rings. The number of carboxylic acid groups (broad SMARTS) is 1. The van der Waals surface area contributed by atoms with Gasteiger partial charge in [0.1, 0.15) is 10.7 Å². The lowest BCUT2D eigenvalue weighted by atomic mass is 10.1. The predicted molar refractivity (Wildman–Crippen MR) is 48.2 cm³/mol. The van der Waals surface area contributed by atoms with E-state index in [0.29, 0.717) is 5.92 Å². The molecule has 1 aromatic heterocycles. The molecule has 0 radical (unpaired) electrons. The number of carbonyl (C=O) groups is 1. The molecule has 68 valence electrons. The van der Waals surface area contributed by atoms with Gasteiger partial charge in [-0.3, -0.25) is 0 Å². The zero-order chi connectivity index (χ0) is 9.42. The summed E-state index contributed by atoms with van der Waals surface area (Å²) in [6, 6.07) is 1.74. The molecule has 3 nitrogen and oxygen atoms in total. The minimum atomic E-state index is -0.986. The third-order valence-corrected chi connectivity index (χ3v) is 2.45. The van der Waals surface area contributed by atoms with Crippen LogP contribution >= 0.6 is 11.6 Å². The number of pyridine rings is 1. The van der Waals surface area contributed by atoms with Gasteiger partial charge in [-0.2, -0.15) is 0 Å². The van der Waals surface area contributed by atoms with E-state index in [9.17, 15) is 4.79 Å². The number of nitrogens with zero attached hydrogens (tertiary/aromatic N) is 1. The summed E-state index contributed by atoms with van der Waals surface area (Å²) < 4.78 is 0. The van der Waals surface area contributed by atoms with Crippen molar-refractivity contribution < 1.29 is 9.90 Å². The van der Waals surface area contributed by atoms with Crippen molar-refractivity contribution in [3.63, 3.8) is 0 Å². The van der Waals surface area contributed by atoms with Crippen molar-refractivity contribution in [2.24, 2.45) is 0 Å². The largest absolute Gasteiger partial charge is 0.478 e. The second-order valence-electron chi connectivity index (χ2n) is 3.15. The van der Waals surface area contributed by atoms with Gasteiger partial charge in [-0.25, -0.2) is 9.78 Å². The Labute approximate surface area is 80.4 Å². The molecule has 13 heavy (non-hydrogen) atoms. The number of rotatable bonds is 2. The minimum absolute atomic E-state index is 0.0944. The maximum absolute atomic E-state index is 10.9. The fourth-order valence-electron chi connectivity index (χ4n) is 1.40. The van der Waals surface area contributed by atoms with Gasteiger partial charge < -0.3 is 5.11 Å². The van der Waals surface area contributed by atoms with Gasteiger partial charge in [0.05, 0.1) is 0 Å². The van der Waals surface area contributed by atoms with E-state index < -0.39 is 5.97 Å². The summed E-state index contributed by atoms with van der Waals surface area (Å²) in [5.74, 6) is -0.605. The smallest absolute Gasteiger partial charge is 0.339 e. The summed E-state index contributed by atoms with van der Waals surface area (Å²) >= 11 is 5.70. The zero-order valence-corrected chi connectivity index (χ0v) is 7.58. The van der Waals surface area contributed by atoms with Crippen LogP contribution in [0.3, 0.4) is 0 Å². The van der Waals surface area contributed by atoms with Gasteiger partial charge in [-0.05, 0) is 30.4 Å². The number of hydrogen-bond donors (Lipinski definition) is 1. The van der Waals surface area contributed by atoms with Gasteiger partial charge in [0.25, 0.3) is 0 Å². The van der Waals surface area contributed by atoms with Crippen LogP contribution in [0.4, 0.5) is 0 Å². The van der Waals surface area contributed by atoms with Gasteiger partial charge in [-0.15, -0.1) is 0 Å². The van der Waals surface area contributed by atoms with E-state index in [1.54, 1.807) is 12.3 Å². The van der Waals surface area contributed by atoms with Crippen molar-refractivity contribution in [1.29, 1.82) is 0 Å². The van der Waals surface area contributed by atoms with Gasteiger partial charge in [0.15, 0.2) is 0 Å². The molecule has 0 unspecified atom stereocenters. The van der Waals surface area contributed by atoms with E-state index >= 15 is 0 Å². The van der Waals surface area contributed by atoms with Crippen LogP contribution in [-0.4, -0.2) is 16.1 Å². The topological polar surface area (TPSA) is 50.2 Å². The zero-order valence-electron chi connectivity index (χ0n) is 6.83. The molecule has 1 saturated carbocycles. The Bertz CT molecular complexity index is 361. The summed E-state index contributed by atoms with van der Waals surface area (Å²) in [5, 5.41) is 8.99. The maximum Gasteiger partial charge on any atom is 0.339 e. The number of hydrogen-bond acceptors (Lipinski definition) is 2. The van der Waals surface area contributed by atoms with Crippen LogP contribution in [-0.2, 0) is 0 Å². The quantitative estimate of drug-likeness (QED) is 0.741. The molecule has 1 aromatic rings. The average molecular weight is 198 g/mol. The first-order chi connectivity index (χ1) is 6.20. The van der Waals surface area contributed by atoms with Crippen molar-refractivity contribution in [1.82, 2.24) is 4.98 Å². The second kappa shape index (κ2) is 3.00. The van der Waals surface area contributed by atoms with E-state index in [0.717, 1.165) is 18.4 Å². The second-order valence-corrected chi connectivity index (χ2v) is 3.50. The van der Waals surface area contributed by atoms with E-state index in [-0.39, 0.29) is 10.7 Å². The Balaban J connectivity index is 2.53. The Hall–Kier alpha value is -1.09. The van der Waals surface area contributed by atoms with Crippen molar-refractivity contribution in [2.75, 3.05) is 0 Å². The van der Waals surface area contributed by atoms with Crippen molar-refractivity contribution >= 4 is 17.6 Å². The number of halogens is 1. The SMILES string of the molecule is O=C(O)c1c(C2CC2)ccnc1Cl. The van der Waals surface area contributed by atoms with Crippen LogP contribution in [0.2, 0.25) is 5.15 Å². The summed E-state index contributed by atoms with van der Waals surface area (Å²) in [5.41, 5.74) is 0.999. The van der Waals surface area contributed by atoms with E-state index in [4.69, 9.17) is 16.7 Å². The molecule has 0 bridgehead atoms. The Morgan fingerprint density at radius 2 is 2.31 bits per heavy atom. The Morgan fingerprint density at radius 1 is 1.62 bits per heavy atom. The maximum atomic E-state index is 10.9. The first-order valence-electron chi connectivity index (χ1n) is 4.08. The highest BCUT2D eigenvalue weighted by atomic mass is 35.5. The summed E-state index contributed by atoms with van der Waals surface area (Å²) in [6.45, 7) is 0. The molecule has 2 rings (SSSR count). The molecular weight excluding hydrogens is 190 g/mol. The summed E-state index contributed by atoms with van der Waals surface area (Å²) in [7, 11) is 0. The molecule has 0 aromatic carbocycles. The van der Waals surface area contributed by atoms with Gasteiger partial charge in [0.2, 0.25) is 0 Å². The van der Waals surface area contributed by atoms with Crippen LogP contribution in [0.1, 0.15) is 34.7 Å². The van der Waals surface area contributed by atoms with E-state index in [2.05, 4.69) is 4.98 Å². The highest BCUT2D eigenvalue weighted by Crippen LogP contribution is 2.42. The van der Waals surface area contributed by atoms with Crippen molar-refractivity contribution in [3.05, 3.63) is 28.5 Å². The molecule has 0 atom stereocenters. The number of carboxylic acids is 1. The highest BCUT2D eigenvalue weighted by molar-refractivity contribution is 6.32. The molecule has 0 aliphatic heterocycles. The third-order valence-electron chi connectivity index (χ3n) is 2.17. The fraction of sp³-hybridized carbons (Fsp3) is 0.333. The molecule has 1 aliphatic carbocycles. The molecule has 1 N–H and O–H groups in total. The van der Waals surface area contributed by atoms with Crippen LogP contribution in [0.15, 0.2) is 12.3 Å². The average Bonchev–Trinajstić information content (AvgIpc) is 2.85. The first kappa shape index (κ1) is 8.51. The first-order valence-corrected chi connectivity index (χ1v) is 4.45. The van der Waals surface area contributed by atoms with Crippen LogP contribution in [0.25, 0.3) is 0 Å². The highest BCUT2D eigenvalue weighted by Gasteiger charge is 2.29. The number of aromatic nitrogens is 1. The Kier molecular flexibility index (Phi) is 1.96. The lowest BCUT2D eigenvalue weighted by molar-refractivity contribution is 0.0695. The van der Waals surface area contributed by atoms with Gasteiger partial charge in [0, 0.05) is 6.20 Å². The molecule has 0 saturated heterocycles. The Morgan fingerprint density at radius 3 is 2.85 bits per heavy atom. The van der Waals surface area contributed by atoms with Gasteiger partial charge in [-0.1, -0.05) is 11.6 Å². The van der Waals surface area contributed by atoms with Crippen LogP contribution < -0.4 is 0 Å². The van der Waals surface area contributed by atoms with Crippen LogP contribution in [0, 0.1) is 0 Å². The van der Waals surface area contributed by atoms with Crippen molar-refractivity contribution in [3.8, 4) is 0 Å². The van der Waals surface area contributed by atoms with E-state index in [1.165, 1.54) is 0 Å². The fourth-order valence-corrected chi connectivity index (χ4v) is 1.64. The third kappa shape index (κ3) is 1.52. The lowest BCUT2D eigenvalue weighted by Gasteiger charge is -2.04. The normalized spacial score (nSPS) is 15.8. The molecule has 1 fully saturated rings. The minimum Gasteiger partial charge on any atom is -0.478 e. The van der Waals surface area contributed by atoms with Crippen LogP contribution in [0.5, 0.6) is 0 Å². The van der Waals surface area contributed by atoms with E-state index in [1.807, 2.05) is 0 Å². The summed E-state index contributed by atoms with van der Waals surface area (Å²) in [6.07, 6.45) is 3.67. The number of aromatic carboxylic acids is 1. The molecular formula is C9H8ClNO2. The lowest BCUT2D eigenvalue weighted by Crippen LogP contribution is -2.03. The van der Waals surface area contributed by atoms with Crippen molar-refractivity contribution in [2.45, 2.75) is 18.8 Å². The standard InChI is InChI=1S/C9H8ClNO2/c10-8-7(9(12)13)6(3-4-11-8)5-1-2-5/h3-5H,1-2H2,(H,12,13). The molecule has 1 heterocycles. The molecule has 4 heteroatoms. The van der Waals surface area contributed by atoms with Gasteiger partial charge >= 0.3 is 5.97 Å². The molecule has 0 spiro atoms. The monoisotopic (exact) mass is 197 g/mol. The molecule has 0 amide bonds. The summed E-state index contributed by atoms with van der Waals surface area (Å²) in [4.78, 5) is 14.6.